The Hall–Kier alpha value is -3.67. The Labute approximate surface area is 407 Å². The second kappa shape index (κ2) is 53.9. The first-order chi connectivity index (χ1) is 32.5. The molecule has 0 N–H and O–H groups in total. The predicted molar refractivity (Wildman–Crippen MR) is 284 cm³/mol. The Kier molecular flexibility index (Phi) is 50.9. The van der Waals surface area contributed by atoms with Gasteiger partial charge in [0.05, 0.1) is 0 Å². The lowest BCUT2D eigenvalue weighted by atomic mass is 10.0. The number of hydrogen-bond acceptors (Lipinski definition) is 6. The minimum Gasteiger partial charge on any atom is -0.462 e. The molecule has 0 heterocycles. The molecule has 376 valence electrons. The van der Waals surface area contributed by atoms with Crippen molar-refractivity contribution >= 4 is 17.9 Å². The van der Waals surface area contributed by atoms with E-state index in [1.165, 1.54) is 116 Å². The second-order valence-electron chi connectivity index (χ2n) is 17.9. The highest BCUT2D eigenvalue weighted by Crippen LogP contribution is 2.16. The van der Waals surface area contributed by atoms with Crippen molar-refractivity contribution in [2.75, 3.05) is 13.2 Å². The van der Waals surface area contributed by atoms with Crippen LogP contribution in [0.2, 0.25) is 0 Å². The van der Waals surface area contributed by atoms with Crippen LogP contribution in [-0.2, 0) is 28.6 Å². The lowest BCUT2D eigenvalue weighted by molar-refractivity contribution is -0.167. The molecule has 0 aromatic carbocycles. The maximum absolute atomic E-state index is 12.8. The maximum Gasteiger partial charge on any atom is 0.306 e. The predicted octanol–water partition coefficient (Wildman–Crippen LogP) is 18.1. The lowest BCUT2D eigenvalue weighted by Gasteiger charge is -2.18. The summed E-state index contributed by atoms with van der Waals surface area (Å²) < 4.78 is 16.8. The fourth-order valence-corrected chi connectivity index (χ4v) is 7.43. The third-order valence-electron chi connectivity index (χ3n) is 11.5. The summed E-state index contributed by atoms with van der Waals surface area (Å²) >= 11 is 0. The van der Waals surface area contributed by atoms with Gasteiger partial charge in [0.2, 0.25) is 0 Å². The molecule has 66 heavy (non-hydrogen) atoms. The summed E-state index contributed by atoms with van der Waals surface area (Å²) in [5, 5.41) is 0. The number of allylic oxidation sites excluding steroid dienone is 16. The van der Waals surface area contributed by atoms with Crippen LogP contribution in [0.4, 0.5) is 0 Å². The molecule has 0 aromatic rings. The van der Waals surface area contributed by atoms with Gasteiger partial charge in [0.1, 0.15) is 13.2 Å². The fraction of sp³-hybridized carbons (Fsp3) is 0.683. The topological polar surface area (TPSA) is 78.9 Å². The monoisotopic (exact) mass is 917 g/mol. The minimum absolute atomic E-state index is 0.104. The van der Waals surface area contributed by atoms with Crippen molar-refractivity contribution in [3.8, 4) is 0 Å². The Morgan fingerprint density at radius 2 is 0.682 bits per heavy atom. The van der Waals surface area contributed by atoms with Gasteiger partial charge in [-0.05, 0) is 64.2 Å². The number of carbonyl (C=O) groups excluding carboxylic acids is 3. The first-order valence-corrected chi connectivity index (χ1v) is 27.3. The molecule has 0 aliphatic carbocycles. The van der Waals surface area contributed by atoms with Gasteiger partial charge < -0.3 is 14.2 Å². The van der Waals surface area contributed by atoms with E-state index in [-0.39, 0.29) is 37.5 Å². The third kappa shape index (κ3) is 51.3. The molecule has 6 heteroatoms. The highest BCUT2D eigenvalue weighted by atomic mass is 16.6. The van der Waals surface area contributed by atoms with Crippen LogP contribution in [0.15, 0.2) is 97.2 Å². The van der Waals surface area contributed by atoms with Crippen LogP contribution >= 0.6 is 0 Å². The molecular formula is C60H100O6. The van der Waals surface area contributed by atoms with Crippen LogP contribution in [0.1, 0.15) is 245 Å². The van der Waals surface area contributed by atoms with E-state index in [0.717, 1.165) is 83.5 Å². The van der Waals surface area contributed by atoms with E-state index in [4.69, 9.17) is 14.2 Å². The number of ether oxygens (including phenoxy) is 3. The van der Waals surface area contributed by atoms with E-state index in [2.05, 4.69) is 63.3 Å². The van der Waals surface area contributed by atoms with E-state index in [9.17, 15) is 14.4 Å². The molecule has 0 fully saturated rings. The number of carbonyl (C=O) groups is 3. The van der Waals surface area contributed by atoms with Crippen molar-refractivity contribution in [2.24, 2.45) is 0 Å². The number of hydrogen-bond donors (Lipinski definition) is 0. The number of esters is 3. The molecule has 6 nitrogen and oxygen atoms in total. The molecule has 0 bridgehead atoms. The molecule has 0 saturated heterocycles. The van der Waals surface area contributed by atoms with Gasteiger partial charge in [-0.25, -0.2) is 0 Å². The first-order valence-electron chi connectivity index (χ1n) is 27.3. The SMILES string of the molecule is CC\C=C/C=C\C=C/C=C\C=C/CCCC(=O)OCC(COC(=O)CCCCCCCCCCCCCCCCCCCCC)OC(=O)CCCCCCCC/C=C\C/C=C\C/C=C\CC. The quantitative estimate of drug-likeness (QED) is 0.0199. The standard InChI is InChI=1S/C60H100O6/c1-4-7-10-13-16-19-22-25-27-29-30-31-33-35-38-41-44-47-50-53-59(62)65-56-57(55-64-58(61)52-49-46-43-40-37-34-24-21-18-15-12-9-6-3)66-60(63)54-51-48-45-42-39-36-32-28-26-23-20-17-14-11-8-5-2/h8-9,11-12,15,17-18,20-21,24,26,28,34,37,40,43,57H,4-7,10,13-14,16,19,22-23,25,27,29-33,35-36,38-39,41-42,44-56H2,1-3H3/b11-8-,12-9-,18-15-,20-17-,24-21-,28-26-,37-34-,43-40-. The average Bonchev–Trinajstić information content (AvgIpc) is 3.31. The van der Waals surface area contributed by atoms with Crippen LogP contribution in [0.3, 0.4) is 0 Å². The minimum atomic E-state index is -0.812. The average molecular weight is 917 g/mol. The second-order valence-corrected chi connectivity index (χ2v) is 17.9. The molecule has 0 amide bonds. The Morgan fingerprint density at radius 1 is 0.333 bits per heavy atom. The van der Waals surface area contributed by atoms with Crippen LogP contribution in [0.5, 0.6) is 0 Å². The molecule has 1 atom stereocenters. The molecule has 0 spiro atoms. The van der Waals surface area contributed by atoms with E-state index in [1.807, 2.05) is 54.7 Å². The van der Waals surface area contributed by atoms with Gasteiger partial charge in [0, 0.05) is 19.3 Å². The summed E-state index contributed by atoms with van der Waals surface area (Å²) in [5.74, 6) is -0.993. The zero-order chi connectivity index (χ0) is 47.9. The summed E-state index contributed by atoms with van der Waals surface area (Å²) in [7, 11) is 0. The van der Waals surface area contributed by atoms with E-state index in [1.54, 1.807) is 0 Å². The number of rotatable bonds is 48. The summed E-state index contributed by atoms with van der Waals surface area (Å²) in [6.07, 6.45) is 71.2. The Morgan fingerprint density at radius 3 is 1.15 bits per heavy atom. The van der Waals surface area contributed by atoms with Crippen LogP contribution in [-0.4, -0.2) is 37.2 Å². The zero-order valence-corrected chi connectivity index (χ0v) is 42.9. The normalized spacial score (nSPS) is 12.8. The molecule has 1 unspecified atom stereocenters. The van der Waals surface area contributed by atoms with Gasteiger partial charge >= 0.3 is 17.9 Å². The highest BCUT2D eigenvalue weighted by Gasteiger charge is 2.19. The Balaban J connectivity index is 4.44. The van der Waals surface area contributed by atoms with Crippen LogP contribution < -0.4 is 0 Å². The zero-order valence-electron chi connectivity index (χ0n) is 42.9. The van der Waals surface area contributed by atoms with E-state index >= 15 is 0 Å². The van der Waals surface area contributed by atoms with Crippen molar-refractivity contribution in [2.45, 2.75) is 252 Å². The van der Waals surface area contributed by atoms with Gasteiger partial charge in [0.25, 0.3) is 0 Å². The molecule has 0 rings (SSSR count). The largest absolute Gasteiger partial charge is 0.462 e. The van der Waals surface area contributed by atoms with Gasteiger partial charge in [0.15, 0.2) is 6.10 Å². The van der Waals surface area contributed by atoms with Crippen molar-refractivity contribution < 1.29 is 28.6 Å². The van der Waals surface area contributed by atoms with Crippen molar-refractivity contribution in [3.63, 3.8) is 0 Å². The van der Waals surface area contributed by atoms with Gasteiger partial charge in [-0.2, -0.15) is 0 Å². The van der Waals surface area contributed by atoms with Gasteiger partial charge in [-0.3, -0.25) is 14.4 Å². The van der Waals surface area contributed by atoms with Crippen LogP contribution in [0, 0.1) is 0 Å². The molecule has 0 aliphatic rings. The number of unbranched alkanes of at least 4 members (excludes halogenated alkanes) is 25. The van der Waals surface area contributed by atoms with Crippen molar-refractivity contribution in [1.82, 2.24) is 0 Å². The van der Waals surface area contributed by atoms with Crippen molar-refractivity contribution in [3.05, 3.63) is 97.2 Å². The van der Waals surface area contributed by atoms with Crippen molar-refractivity contribution in [1.29, 1.82) is 0 Å². The molecular weight excluding hydrogens is 817 g/mol. The summed E-state index contributed by atoms with van der Waals surface area (Å²) in [5.41, 5.74) is 0. The van der Waals surface area contributed by atoms with E-state index < -0.39 is 6.10 Å². The summed E-state index contributed by atoms with van der Waals surface area (Å²) in [6.45, 7) is 6.32. The summed E-state index contributed by atoms with van der Waals surface area (Å²) in [4.78, 5) is 38.0. The molecule has 0 aliphatic heterocycles. The fourth-order valence-electron chi connectivity index (χ4n) is 7.43. The van der Waals surface area contributed by atoms with Gasteiger partial charge in [-0.15, -0.1) is 0 Å². The molecule has 0 radical (unpaired) electrons. The smallest absolute Gasteiger partial charge is 0.306 e. The molecule has 0 saturated carbocycles. The van der Waals surface area contributed by atoms with E-state index in [0.29, 0.717) is 19.3 Å². The summed E-state index contributed by atoms with van der Waals surface area (Å²) in [6, 6.07) is 0. The highest BCUT2D eigenvalue weighted by molar-refractivity contribution is 5.71. The maximum atomic E-state index is 12.8. The third-order valence-corrected chi connectivity index (χ3v) is 11.5. The molecule has 0 aromatic heterocycles. The van der Waals surface area contributed by atoms with Gasteiger partial charge in [-0.1, -0.05) is 259 Å². The lowest BCUT2D eigenvalue weighted by Crippen LogP contribution is -2.30. The first kappa shape index (κ1) is 62.3. The van der Waals surface area contributed by atoms with Crippen LogP contribution in [0.25, 0.3) is 0 Å². The Bertz CT molecular complexity index is 1330.